The van der Waals surface area contributed by atoms with Crippen LogP contribution in [0.5, 0.6) is 0 Å². The lowest BCUT2D eigenvalue weighted by molar-refractivity contribution is 0.0184. The minimum atomic E-state index is -0.480. The Hall–Kier alpha value is -2.35. The lowest BCUT2D eigenvalue weighted by atomic mass is 10.1. The van der Waals surface area contributed by atoms with E-state index in [0.717, 1.165) is 28.8 Å². The summed E-state index contributed by atoms with van der Waals surface area (Å²) in [5.41, 5.74) is 2.02. The van der Waals surface area contributed by atoms with Crippen molar-refractivity contribution in [1.82, 2.24) is 14.7 Å². The van der Waals surface area contributed by atoms with E-state index < -0.39 is 5.60 Å². The molecular formula is C20H27N3O4S. The van der Waals surface area contributed by atoms with E-state index in [-0.39, 0.29) is 18.1 Å². The fourth-order valence-electron chi connectivity index (χ4n) is 3.31. The summed E-state index contributed by atoms with van der Waals surface area (Å²) < 4.78 is 12.3. The van der Waals surface area contributed by atoms with Gasteiger partial charge in [0.25, 0.3) is 0 Å². The molecule has 7 nitrogen and oxygen atoms in total. The number of hydrogen-bond acceptors (Lipinski definition) is 6. The van der Waals surface area contributed by atoms with Crippen molar-refractivity contribution in [3.05, 3.63) is 28.9 Å². The Labute approximate surface area is 169 Å². The summed E-state index contributed by atoms with van der Waals surface area (Å²) in [5.74, 6) is -0.318. The van der Waals surface area contributed by atoms with E-state index in [4.69, 9.17) is 9.47 Å². The number of aromatic nitrogens is 2. The van der Waals surface area contributed by atoms with Crippen LogP contribution in [0.25, 0.3) is 10.4 Å². The van der Waals surface area contributed by atoms with Crippen molar-refractivity contribution < 1.29 is 19.1 Å². The molecule has 2 aromatic heterocycles. The van der Waals surface area contributed by atoms with Crippen LogP contribution in [0.4, 0.5) is 4.79 Å². The Morgan fingerprint density at radius 3 is 2.54 bits per heavy atom. The molecule has 0 unspecified atom stereocenters. The number of piperidine rings is 1. The Bertz CT molecular complexity index is 857. The maximum atomic E-state index is 12.2. The number of hydrogen-bond donors (Lipinski definition) is 0. The van der Waals surface area contributed by atoms with Gasteiger partial charge in [-0.2, -0.15) is 5.10 Å². The maximum absolute atomic E-state index is 12.2. The van der Waals surface area contributed by atoms with Crippen LogP contribution in [0.3, 0.4) is 0 Å². The summed E-state index contributed by atoms with van der Waals surface area (Å²) in [6, 6.07) is 0.243. The van der Waals surface area contributed by atoms with E-state index in [0.29, 0.717) is 18.7 Å². The predicted octanol–water partition coefficient (Wildman–Crippen LogP) is 4.28. The maximum Gasteiger partial charge on any atom is 0.410 e. The Balaban J connectivity index is 1.65. The average molecular weight is 406 g/mol. The highest BCUT2D eigenvalue weighted by molar-refractivity contribution is 7.14. The highest BCUT2D eigenvalue weighted by Gasteiger charge is 2.28. The third kappa shape index (κ3) is 4.38. The fraction of sp³-hybridized carbons (Fsp3) is 0.550. The van der Waals surface area contributed by atoms with Gasteiger partial charge in [0.15, 0.2) is 0 Å². The highest BCUT2D eigenvalue weighted by atomic mass is 32.1. The number of thiophene rings is 1. The molecule has 1 aliphatic rings. The van der Waals surface area contributed by atoms with Crippen molar-refractivity contribution >= 4 is 23.4 Å². The van der Waals surface area contributed by atoms with Gasteiger partial charge in [-0.1, -0.05) is 0 Å². The van der Waals surface area contributed by atoms with Crippen LogP contribution in [0, 0.1) is 6.92 Å². The van der Waals surface area contributed by atoms with Crippen LogP contribution in [-0.4, -0.2) is 52.5 Å². The molecule has 1 amide bonds. The van der Waals surface area contributed by atoms with Gasteiger partial charge in [-0.25, -0.2) is 9.59 Å². The van der Waals surface area contributed by atoms with Gasteiger partial charge < -0.3 is 14.4 Å². The molecule has 0 N–H and O–H groups in total. The third-order valence-corrected chi connectivity index (χ3v) is 5.93. The van der Waals surface area contributed by atoms with E-state index >= 15 is 0 Å². The standard InChI is InChI=1S/C20H27N3O4S/c1-13-16(18(24)26-5)12-28-17(13)14-10-21-23(11-14)15-6-8-22(9-7-15)19(25)27-20(2,3)4/h10-12,15H,6-9H2,1-5H3. The van der Waals surface area contributed by atoms with Gasteiger partial charge in [-0.05, 0) is 46.1 Å². The monoisotopic (exact) mass is 405 g/mol. The van der Waals surface area contributed by atoms with Gasteiger partial charge in [-0.3, -0.25) is 4.68 Å². The molecule has 0 atom stereocenters. The van der Waals surface area contributed by atoms with E-state index in [2.05, 4.69) is 5.10 Å². The van der Waals surface area contributed by atoms with E-state index in [1.54, 1.807) is 4.90 Å². The minimum absolute atomic E-state index is 0.243. The first kappa shape index (κ1) is 20.4. The molecule has 3 heterocycles. The number of carbonyl (C=O) groups excluding carboxylic acids is 2. The molecule has 0 radical (unpaired) electrons. The second-order valence-corrected chi connectivity index (χ2v) is 8.88. The zero-order valence-corrected chi connectivity index (χ0v) is 17.8. The first-order valence-corrected chi connectivity index (χ1v) is 10.3. The van der Waals surface area contributed by atoms with Crippen molar-refractivity contribution in [2.75, 3.05) is 20.2 Å². The van der Waals surface area contributed by atoms with E-state index in [1.165, 1.54) is 18.4 Å². The van der Waals surface area contributed by atoms with Crippen molar-refractivity contribution in [3.63, 3.8) is 0 Å². The smallest absolute Gasteiger partial charge is 0.410 e. The predicted molar refractivity (Wildman–Crippen MR) is 108 cm³/mol. The number of nitrogens with zero attached hydrogens (tertiary/aromatic N) is 3. The van der Waals surface area contributed by atoms with Crippen LogP contribution >= 0.6 is 11.3 Å². The summed E-state index contributed by atoms with van der Waals surface area (Å²) in [4.78, 5) is 26.8. The van der Waals surface area contributed by atoms with Crippen molar-refractivity contribution in [3.8, 4) is 10.4 Å². The molecular weight excluding hydrogens is 378 g/mol. The zero-order valence-electron chi connectivity index (χ0n) is 17.0. The lowest BCUT2D eigenvalue weighted by Crippen LogP contribution is -2.42. The molecule has 1 aliphatic heterocycles. The number of carbonyl (C=O) groups is 2. The van der Waals surface area contributed by atoms with Crippen molar-refractivity contribution in [2.24, 2.45) is 0 Å². The van der Waals surface area contributed by atoms with Crippen LogP contribution < -0.4 is 0 Å². The Morgan fingerprint density at radius 2 is 1.93 bits per heavy atom. The van der Waals surface area contributed by atoms with Gasteiger partial charge in [0.2, 0.25) is 0 Å². The fourth-order valence-corrected chi connectivity index (χ4v) is 4.34. The van der Waals surface area contributed by atoms with Gasteiger partial charge in [-0.15, -0.1) is 11.3 Å². The van der Waals surface area contributed by atoms with Crippen LogP contribution in [0.2, 0.25) is 0 Å². The van der Waals surface area contributed by atoms with Crippen molar-refractivity contribution in [2.45, 2.75) is 52.2 Å². The van der Waals surface area contributed by atoms with Crippen LogP contribution in [-0.2, 0) is 9.47 Å². The van der Waals surface area contributed by atoms with Gasteiger partial charge in [0.1, 0.15) is 5.60 Å². The molecule has 1 fully saturated rings. The van der Waals surface area contributed by atoms with Crippen molar-refractivity contribution in [1.29, 1.82) is 0 Å². The summed E-state index contributed by atoms with van der Waals surface area (Å²) in [5, 5.41) is 6.36. The molecule has 0 spiro atoms. The van der Waals surface area contributed by atoms with E-state index in [1.807, 2.05) is 50.2 Å². The summed E-state index contributed by atoms with van der Waals surface area (Å²) in [6.45, 7) is 8.86. The average Bonchev–Trinajstić information content (AvgIpc) is 3.26. The topological polar surface area (TPSA) is 73.7 Å². The molecule has 0 saturated carbocycles. The van der Waals surface area contributed by atoms with Crippen LogP contribution in [0.15, 0.2) is 17.8 Å². The first-order chi connectivity index (χ1) is 13.2. The normalized spacial score (nSPS) is 15.5. The highest BCUT2D eigenvalue weighted by Crippen LogP contribution is 2.33. The zero-order chi connectivity index (χ0) is 20.5. The molecule has 8 heteroatoms. The Morgan fingerprint density at radius 1 is 1.25 bits per heavy atom. The largest absolute Gasteiger partial charge is 0.465 e. The molecule has 0 aromatic carbocycles. The first-order valence-electron chi connectivity index (χ1n) is 9.38. The molecule has 2 aromatic rings. The third-order valence-electron chi connectivity index (χ3n) is 4.80. The Kier molecular flexibility index (Phi) is 5.79. The summed E-state index contributed by atoms with van der Waals surface area (Å²) >= 11 is 1.52. The summed E-state index contributed by atoms with van der Waals surface area (Å²) in [6.07, 6.45) is 5.26. The molecule has 28 heavy (non-hydrogen) atoms. The van der Waals surface area contributed by atoms with E-state index in [9.17, 15) is 9.59 Å². The number of methoxy groups -OCH3 is 1. The SMILES string of the molecule is COC(=O)c1csc(-c2cnn(C3CCN(C(=O)OC(C)(C)C)CC3)c2)c1C. The number of amides is 1. The number of esters is 1. The van der Waals surface area contributed by atoms with Gasteiger partial charge >= 0.3 is 12.1 Å². The quantitative estimate of drug-likeness (QED) is 0.713. The molecule has 3 rings (SSSR count). The number of likely N-dealkylation sites (tertiary alicyclic amines) is 1. The molecule has 152 valence electrons. The number of ether oxygens (including phenoxy) is 2. The second-order valence-electron chi connectivity index (χ2n) is 8.00. The lowest BCUT2D eigenvalue weighted by Gasteiger charge is -2.33. The second kappa shape index (κ2) is 7.95. The van der Waals surface area contributed by atoms with Crippen LogP contribution in [0.1, 0.15) is 55.6 Å². The number of rotatable bonds is 3. The molecule has 1 saturated heterocycles. The molecule has 0 bridgehead atoms. The van der Waals surface area contributed by atoms with Gasteiger partial charge in [0, 0.05) is 35.1 Å². The van der Waals surface area contributed by atoms with Gasteiger partial charge in [0.05, 0.1) is 24.9 Å². The minimum Gasteiger partial charge on any atom is -0.465 e. The summed E-state index contributed by atoms with van der Waals surface area (Å²) in [7, 11) is 1.39. The molecule has 0 aliphatic carbocycles.